The van der Waals surface area contributed by atoms with E-state index in [1.807, 2.05) is 6.92 Å². The van der Waals surface area contributed by atoms with Crippen molar-refractivity contribution in [2.75, 3.05) is 6.54 Å². The molecule has 0 radical (unpaired) electrons. The molecule has 2 nitrogen and oxygen atoms in total. The van der Waals surface area contributed by atoms with Gasteiger partial charge in [-0.15, -0.1) is 0 Å². The molecule has 0 saturated carbocycles. The van der Waals surface area contributed by atoms with Crippen LogP contribution in [-0.2, 0) is 0 Å². The van der Waals surface area contributed by atoms with E-state index in [0.29, 0.717) is 0 Å². The van der Waals surface area contributed by atoms with Crippen LogP contribution in [0.4, 0.5) is 0 Å². The fourth-order valence-electron chi connectivity index (χ4n) is 3.38. The Morgan fingerprint density at radius 3 is 2.75 bits per heavy atom. The molecule has 2 heterocycles. The Morgan fingerprint density at radius 1 is 1.45 bits per heavy atom. The van der Waals surface area contributed by atoms with E-state index >= 15 is 0 Å². The number of fused-ring (bicyclic) bond motifs is 1. The van der Waals surface area contributed by atoms with E-state index in [1.165, 1.54) is 43.5 Å². The second kappa shape index (κ2) is 5.59. The fraction of sp³-hybridized carbons (Fsp3) is 0.611. The molecule has 0 N–H and O–H groups in total. The summed E-state index contributed by atoms with van der Waals surface area (Å²) < 4.78 is 0. The minimum absolute atomic E-state index is 0.193. The lowest BCUT2D eigenvalue weighted by Gasteiger charge is -2.46. The van der Waals surface area contributed by atoms with Crippen LogP contribution in [0.3, 0.4) is 0 Å². The topological polar surface area (TPSA) is 15.6 Å². The zero-order valence-electron chi connectivity index (χ0n) is 13.6. The van der Waals surface area contributed by atoms with Gasteiger partial charge in [-0.1, -0.05) is 39.8 Å². The highest BCUT2D eigenvalue weighted by Crippen LogP contribution is 2.42. The fourth-order valence-corrected chi connectivity index (χ4v) is 3.38. The monoisotopic (exact) mass is 272 g/mol. The van der Waals surface area contributed by atoms with E-state index in [2.05, 4.69) is 38.8 Å². The van der Waals surface area contributed by atoms with Gasteiger partial charge >= 0.3 is 0 Å². The largest absolute Gasteiger partial charge is 0.330 e. The Morgan fingerprint density at radius 2 is 2.15 bits per heavy atom. The van der Waals surface area contributed by atoms with Crippen molar-refractivity contribution >= 4 is 5.84 Å². The van der Waals surface area contributed by atoms with Crippen molar-refractivity contribution in [3.8, 4) is 0 Å². The molecule has 0 spiro atoms. The quantitative estimate of drug-likeness (QED) is 0.699. The summed E-state index contributed by atoms with van der Waals surface area (Å²) in [6.45, 7) is 18.2. The van der Waals surface area contributed by atoms with Crippen LogP contribution in [0.25, 0.3) is 0 Å². The van der Waals surface area contributed by atoms with E-state index in [0.717, 1.165) is 23.5 Å². The van der Waals surface area contributed by atoms with Crippen LogP contribution in [0, 0.1) is 5.41 Å². The summed E-state index contributed by atoms with van der Waals surface area (Å²) >= 11 is 0. The zero-order valence-corrected chi connectivity index (χ0v) is 13.6. The normalized spacial score (nSPS) is 26.5. The molecule has 0 bridgehead atoms. The summed E-state index contributed by atoms with van der Waals surface area (Å²) in [5.41, 5.74) is 4.58. The molecule has 2 heteroatoms. The molecule has 0 aromatic rings. The first-order valence-electron chi connectivity index (χ1n) is 7.83. The number of piperidine rings is 1. The summed E-state index contributed by atoms with van der Waals surface area (Å²) in [5, 5.41) is 0. The first kappa shape index (κ1) is 15.1. The van der Waals surface area contributed by atoms with E-state index in [1.54, 1.807) is 0 Å². The molecule has 1 unspecified atom stereocenters. The number of allylic oxidation sites excluding steroid dienone is 2. The van der Waals surface area contributed by atoms with Gasteiger partial charge in [-0.2, -0.15) is 0 Å². The predicted octanol–water partition coefficient (Wildman–Crippen LogP) is 5.05. The molecule has 2 rings (SSSR count). The Bertz CT molecular complexity index is 496. The standard InChI is InChI=1S/C18H28N2/c1-7-8-10-18(6)11-9-12-20-15(5)14(4)16(13(2)3)19-17(18)20/h2,5,7-12H2,1,3-4,6H3. The maximum absolute atomic E-state index is 5.00. The van der Waals surface area contributed by atoms with Crippen LogP contribution in [0.5, 0.6) is 0 Å². The van der Waals surface area contributed by atoms with Gasteiger partial charge in [0.1, 0.15) is 5.84 Å². The van der Waals surface area contributed by atoms with Gasteiger partial charge in [-0.3, -0.25) is 0 Å². The first-order chi connectivity index (χ1) is 9.40. The molecule has 1 saturated heterocycles. The molecular weight excluding hydrogens is 244 g/mol. The maximum atomic E-state index is 5.00. The van der Waals surface area contributed by atoms with E-state index < -0.39 is 0 Å². The molecule has 20 heavy (non-hydrogen) atoms. The van der Waals surface area contributed by atoms with Crippen molar-refractivity contribution < 1.29 is 0 Å². The Kier molecular flexibility index (Phi) is 4.22. The van der Waals surface area contributed by atoms with Gasteiger partial charge in [0.15, 0.2) is 0 Å². The van der Waals surface area contributed by atoms with Crippen molar-refractivity contribution in [3.63, 3.8) is 0 Å². The highest BCUT2D eigenvalue weighted by atomic mass is 15.2. The summed E-state index contributed by atoms with van der Waals surface area (Å²) in [5.74, 6) is 1.23. The van der Waals surface area contributed by atoms with E-state index in [9.17, 15) is 0 Å². The Balaban J connectivity index is 2.44. The number of aliphatic imine (C=N–C) groups is 1. The number of rotatable bonds is 4. The van der Waals surface area contributed by atoms with Crippen LogP contribution in [0.2, 0.25) is 0 Å². The average Bonchev–Trinajstić information content (AvgIpc) is 2.41. The SMILES string of the molecule is C=C(C)C1=C(C)C(=C)N2CCCC(C)(CCCC)C2=N1. The summed E-state index contributed by atoms with van der Waals surface area (Å²) in [6, 6.07) is 0. The van der Waals surface area contributed by atoms with Crippen LogP contribution in [0.15, 0.2) is 40.7 Å². The van der Waals surface area contributed by atoms with Crippen LogP contribution < -0.4 is 0 Å². The van der Waals surface area contributed by atoms with Gasteiger partial charge < -0.3 is 4.90 Å². The van der Waals surface area contributed by atoms with Crippen molar-refractivity contribution in [1.82, 2.24) is 4.90 Å². The summed E-state index contributed by atoms with van der Waals surface area (Å²) in [4.78, 5) is 7.35. The third-order valence-electron chi connectivity index (χ3n) is 4.72. The molecule has 0 aliphatic carbocycles. The highest BCUT2D eigenvalue weighted by Gasteiger charge is 2.40. The lowest BCUT2D eigenvalue weighted by Crippen LogP contribution is -2.48. The third-order valence-corrected chi connectivity index (χ3v) is 4.72. The Labute approximate surface area is 124 Å². The van der Waals surface area contributed by atoms with Crippen molar-refractivity contribution in [1.29, 1.82) is 0 Å². The minimum atomic E-state index is 0.193. The number of hydrogen-bond donors (Lipinski definition) is 0. The van der Waals surface area contributed by atoms with Gasteiger partial charge in [0.05, 0.1) is 5.70 Å². The van der Waals surface area contributed by atoms with Gasteiger partial charge in [0.2, 0.25) is 0 Å². The molecule has 0 amide bonds. The number of amidine groups is 1. The first-order valence-corrected chi connectivity index (χ1v) is 7.83. The van der Waals surface area contributed by atoms with Crippen LogP contribution in [0.1, 0.15) is 59.8 Å². The van der Waals surface area contributed by atoms with Gasteiger partial charge in [-0.05, 0) is 44.3 Å². The van der Waals surface area contributed by atoms with Gasteiger partial charge in [-0.25, -0.2) is 4.99 Å². The molecule has 0 aromatic heterocycles. The molecule has 0 aromatic carbocycles. The molecular formula is C18H28N2. The predicted molar refractivity (Wildman–Crippen MR) is 87.7 cm³/mol. The lowest BCUT2D eigenvalue weighted by atomic mass is 9.75. The zero-order chi connectivity index (χ0) is 14.9. The third kappa shape index (κ3) is 2.48. The molecule has 2 aliphatic heterocycles. The minimum Gasteiger partial charge on any atom is -0.330 e. The number of unbranched alkanes of at least 4 members (excludes halogenated alkanes) is 1. The molecule has 1 atom stereocenters. The molecule has 1 fully saturated rings. The number of hydrogen-bond acceptors (Lipinski definition) is 2. The second-order valence-corrected chi connectivity index (χ2v) is 6.56. The second-order valence-electron chi connectivity index (χ2n) is 6.56. The maximum Gasteiger partial charge on any atom is 0.115 e. The van der Waals surface area contributed by atoms with Crippen LogP contribution in [-0.4, -0.2) is 17.3 Å². The summed E-state index contributed by atoms with van der Waals surface area (Å²) in [7, 11) is 0. The van der Waals surface area contributed by atoms with Crippen molar-refractivity contribution in [2.24, 2.45) is 10.4 Å². The summed E-state index contributed by atoms with van der Waals surface area (Å²) in [6.07, 6.45) is 6.19. The smallest absolute Gasteiger partial charge is 0.115 e. The lowest BCUT2D eigenvalue weighted by molar-refractivity contribution is 0.271. The van der Waals surface area contributed by atoms with E-state index in [-0.39, 0.29) is 5.41 Å². The molecule has 110 valence electrons. The van der Waals surface area contributed by atoms with Crippen molar-refractivity contribution in [3.05, 3.63) is 35.7 Å². The molecule has 2 aliphatic rings. The van der Waals surface area contributed by atoms with Gasteiger partial charge in [0.25, 0.3) is 0 Å². The van der Waals surface area contributed by atoms with E-state index in [4.69, 9.17) is 4.99 Å². The Hall–Kier alpha value is -1.31. The highest BCUT2D eigenvalue weighted by molar-refractivity contribution is 5.93. The van der Waals surface area contributed by atoms with Gasteiger partial charge in [0, 0.05) is 17.7 Å². The number of nitrogens with zero attached hydrogens (tertiary/aromatic N) is 2. The van der Waals surface area contributed by atoms with Crippen molar-refractivity contribution in [2.45, 2.75) is 59.8 Å². The van der Waals surface area contributed by atoms with Crippen LogP contribution >= 0.6 is 0 Å². The average molecular weight is 272 g/mol.